The Bertz CT molecular complexity index is 1090. The highest BCUT2D eigenvalue weighted by Gasteiger charge is 2.39. The molecule has 1 aromatic carbocycles. The maximum absolute atomic E-state index is 13.9. The van der Waals surface area contributed by atoms with Gasteiger partial charge in [0.05, 0.1) is 24.1 Å². The second-order valence-electron chi connectivity index (χ2n) is 9.97. The Balaban J connectivity index is 1.58. The molecular weight excluding hydrogens is 449 g/mol. The molecule has 1 aliphatic heterocycles. The van der Waals surface area contributed by atoms with Gasteiger partial charge in [0, 0.05) is 18.9 Å². The van der Waals surface area contributed by atoms with E-state index in [1.807, 2.05) is 4.90 Å². The molecule has 3 atom stereocenters. The molecule has 3 unspecified atom stereocenters. The normalized spacial score (nSPS) is 20.7. The van der Waals surface area contributed by atoms with Crippen LogP contribution in [-0.2, 0) is 16.1 Å². The Morgan fingerprint density at radius 2 is 1.89 bits per heavy atom. The van der Waals surface area contributed by atoms with Crippen LogP contribution < -0.4 is 10.6 Å². The quantitative estimate of drug-likeness (QED) is 0.561. The fraction of sp³-hybridized carbons (Fsp3) is 0.615. The van der Waals surface area contributed by atoms with E-state index in [4.69, 9.17) is 0 Å². The number of benzene rings is 1. The van der Waals surface area contributed by atoms with Crippen LogP contribution >= 0.6 is 0 Å². The summed E-state index contributed by atoms with van der Waals surface area (Å²) in [5, 5.41) is 11.0. The highest BCUT2D eigenvalue weighted by Crippen LogP contribution is 2.30. The molecule has 190 valence electrons. The Hall–Kier alpha value is -2.81. The maximum atomic E-state index is 13.9. The standard InChI is InChI=1S/C26H36FN5O3/c1-16(28-3)25(34)29-24(18-8-5-4-6-9-18)26(35)31-13-7-10-20(31)15-32-22-12-11-19(27)14-21(22)23(30-32)17(2)33/h11-12,14,16,18,20,24,28H,4-10,13,15H2,1-3H3,(H,29,34). The van der Waals surface area contributed by atoms with Crippen LogP contribution in [0.2, 0.25) is 0 Å². The molecule has 2 N–H and O–H groups in total. The van der Waals surface area contributed by atoms with Crippen molar-refractivity contribution in [1.82, 2.24) is 25.3 Å². The first-order chi connectivity index (χ1) is 16.8. The number of likely N-dealkylation sites (tertiary alicyclic amines) is 1. The smallest absolute Gasteiger partial charge is 0.245 e. The monoisotopic (exact) mass is 485 g/mol. The van der Waals surface area contributed by atoms with Crippen LogP contribution in [0.5, 0.6) is 0 Å². The third kappa shape index (κ3) is 5.39. The van der Waals surface area contributed by atoms with Crippen molar-refractivity contribution in [3.63, 3.8) is 0 Å². The van der Waals surface area contributed by atoms with Gasteiger partial charge < -0.3 is 15.5 Å². The van der Waals surface area contributed by atoms with E-state index in [-0.39, 0.29) is 41.3 Å². The number of Topliss-reactive ketones (excluding diaryl/α,β-unsaturated/α-hetero) is 1. The van der Waals surface area contributed by atoms with Crippen molar-refractivity contribution in [2.45, 2.75) is 83.5 Å². The molecule has 1 aliphatic carbocycles. The summed E-state index contributed by atoms with van der Waals surface area (Å²) < 4.78 is 15.6. The SMILES string of the molecule is CNC(C)C(=O)NC(C(=O)N1CCCC1Cn1nc(C(C)=O)c2cc(F)ccc21)C1CCCCC1. The Labute approximate surface area is 205 Å². The molecule has 0 spiro atoms. The average molecular weight is 486 g/mol. The van der Waals surface area contributed by atoms with Gasteiger partial charge in [-0.15, -0.1) is 0 Å². The summed E-state index contributed by atoms with van der Waals surface area (Å²) in [6.07, 6.45) is 6.83. The number of carbonyl (C=O) groups is 3. The zero-order valence-corrected chi connectivity index (χ0v) is 20.8. The highest BCUT2D eigenvalue weighted by atomic mass is 19.1. The molecule has 1 saturated heterocycles. The molecule has 1 saturated carbocycles. The number of ketones is 1. The van der Waals surface area contributed by atoms with Crippen LogP contribution in [-0.4, -0.2) is 64.0 Å². The number of hydrogen-bond donors (Lipinski definition) is 2. The van der Waals surface area contributed by atoms with E-state index in [9.17, 15) is 18.8 Å². The van der Waals surface area contributed by atoms with Gasteiger partial charge in [0.15, 0.2) is 5.78 Å². The van der Waals surface area contributed by atoms with Gasteiger partial charge in [0.25, 0.3) is 0 Å². The lowest BCUT2D eigenvalue weighted by Crippen LogP contribution is -2.56. The predicted molar refractivity (Wildman–Crippen MR) is 131 cm³/mol. The fourth-order valence-electron chi connectivity index (χ4n) is 5.50. The van der Waals surface area contributed by atoms with Crippen LogP contribution in [0, 0.1) is 11.7 Å². The van der Waals surface area contributed by atoms with E-state index < -0.39 is 11.9 Å². The lowest BCUT2D eigenvalue weighted by atomic mass is 9.83. The minimum atomic E-state index is -0.546. The zero-order chi connectivity index (χ0) is 25.1. The molecule has 2 amide bonds. The number of fused-ring (bicyclic) bond motifs is 1. The Kier molecular flexibility index (Phi) is 7.84. The number of aromatic nitrogens is 2. The molecular formula is C26H36FN5O3. The van der Waals surface area contributed by atoms with Gasteiger partial charge in [-0.05, 0) is 63.8 Å². The summed E-state index contributed by atoms with van der Waals surface area (Å²) in [6.45, 7) is 4.25. The van der Waals surface area contributed by atoms with Crippen molar-refractivity contribution in [3.05, 3.63) is 29.7 Å². The van der Waals surface area contributed by atoms with Crippen LogP contribution in [0.1, 0.15) is 69.3 Å². The molecule has 35 heavy (non-hydrogen) atoms. The minimum absolute atomic E-state index is 0.0367. The van der Waals surface area contributed by atoms with E-state index in [1.165, 1.54) is 19.1 Å². The first-order valence-corrected chi connectivity index (χ1v) is 12.7. The lowest BCUT2D eigenvalue weighted by molar-refractivity contribution is -0.139. The number of nitrogens with one attached hydrogen (secondary N) is 2. The van der Waals surface area contributed by atoms with E-state index in [0.29, 0.717) is 24.0 Å². The Morgan fingerprint density at radius 1 is 1.14 bits per heavy atom. The average Bonchev–Trinajstić information content (AvgIpc) is 3.46. The molecule has 0 bridgehead atoms. The zero-order valence-electron chi connectivity index (χ0n) is 20.8. The highest BCUT2D eigenvalue weighted by molar-refractivity contribution is 6.04. The maximum Gasteiger partial charge on any atom is 0.245 e. The number of amides is 2. The summed E-state index contributed by atoms with van der Waals surface area (Å²) in [7, 11) is 1.73. The van der Waals surface area contributed by atoms with Crippen molar-refractivity contribution < 1.29 is 18.8 Å². The fourth-order valence-corrected chi connectivity index (χ4v) is 5.50. The number of nitrogens with zero attached hydrogens (tertiary/aromatic N) is 3. The third-order valence-corrected chi connectivity index (χ3v) is 7.60. The summed E-state index contributed by atoms with van der Waals surface area (Å²) in [4.78, 5) is 40.6. The number of rotatable bonds is 8. The topological polar surface area (TPSA) is 96.3 Å². The summed E-state index contributed by atoms with van der Waals surface area (Å²) in [5.74, 6) is -0.719. The second kappa shape index (κ2) is 10.8. The number of likely N-dealkylation sites (N-methyl/N-ethyl adjacent to an activating group) is 1. The summed E-state index contributed by atoms with van der Waals surface area (Å²) in [6, 6.07) is 3.29. The molecule has 9 heteroatoms. The number of carbonyl (C=O) groups excluding carboxylic acids is 3. The van der Waals surface area contributed by atoms with Gasteiger partial charge in [0.2, 0.25) is 11.8 Å². The first-order valence-electron chi connectivity index (χ1n) is 12.7. The van der Waals surface area contributed by atoms with Gasteiger partial charge >= 0.3 is 0 Å². The molecule has 2 fully saturated rings. The van der Waals surface area contributed by atoms with Crippen molar-refractivity contribution in [1.29, 1.82) is 0 Å². The van der Waals surface area contributed by atoms with Gasteiger partial charge in [-0.1, -0.05) is 19.3 Å². The molecule has 2 aromatic rings. The van der Waals surface area contributed by atoms with Crippen molar-refractivity contribution in [2.24, 2.45) is 5.92 Å². The van der Waals surface area contributed by atoms with Crippen molar-refractivity contribution >= 4 is 28.5 Å². The van der Waals surface area contributed by atoms with Gasteiger partial charge in [0.1, 0.15) is 17.6 Å². The number of halogens is 1. The number of hydrogen-bond acceptors (Lipinski definition) is 5. The van der Waals surface area contributed by atoms with Crippen LogP contribution in [0.15, 0.2) is 18.2 Å². The molecule has 4 rings (SSSR count). The minimum Gasteiger partial charge on any atom is -0.343 e. The van der Waals surface area contributed by atoms with Crippen molar-refractivity contribution in [3.8, 4) is 0 Å². The summed E-state index contributed by atoms with van der Waals surface area (Å²) >= 11 is 0. The largest absolute Gasteiger partial charge is 0.343 e. The third-order valence-electron chi connectivity index (χ3n) is 7.60. The van der Waals surface area contributed by atoms with Crippen LogP contribution in [0.25, 0.3) is 10.9 Å². The first kappa shape index (κ1) is 25.3. The van der Waals surface area contributed by atoms with E-state index >= 15 is 0 Å². The predicted octanol–water partition coefficient (Wildman–Crippen LogP) is 3.04. The van der Waals surface area contributed by atoms with Gasteiger partial charge in [-0.3, -0.25) is 19.1 Å². The van der Waals surface area contributed by atoms with E-state index in [1.54, 1.807) is 24.7 Å². The molecule has 1 aromatic heterocycles. The molecule has 2 aliphatic rings. The van der Waals surface area contributed by atoms with E-state index in [2.05, 4.69) is 15.7 Å². The Morgan fingerprint density at radius 3 is 2.57 bits per heavy atom. The van der Waals surface area contributed by atoms with Gasteiger partial charge in [-0.2, -0.15) is 5.10 Å². The van der Waals surface area contributed by atoms with E-state index in [0.717, 1.165) is 44.9 Å². The van der Waals surface area contributed by atoms with Crippen LogP contribution in [0.3, 0.4) is 0 Å². The molecule has 2 heterocycles. The van der Waals surface area contributed by atoms with Gasteiger partial charge in [-0.25, -0.2) is 4.39 Å². The van der Waals surface area contributed by atoms with Crippen LogP contribution in [0.4, 0.5) is 4.39 Å². The molecule has 0 radical (unpaired) electrons. The summed E-state index contributed by atoms with van der Waals surface area (Å²) in [5.41, 5.74) is 0.916. The lowest BCUT2D eigenvalue weighted by Gasteiger charge is -2.35. The molecule has 8 nitrogen and oxygen atoms in total. The second-order valence-corrected chi connectivity index (χ2v) is 9.97. The van der Waals surface area contributed by atoms with Crippen molar-refractivity contribution in [2.75, 3.05) is 13.6 Å².